The molecule has 0 aromatic rings. The normalized spacial score (nSPS) is 26.5. The molecule has 2 fully saturated rings. The fourth-order valence-electron chi connectivity index (χ4n) is 3.25. The third kappa shape index (κ3) is 5.06. The van der Waals surface area contributed by atoms with Gasteiger partial charge in [0.1, 0.15) is 0 Å². The summed E-state index contributed by atoms with van der Waals surface area (Å²) in [6, 6.07) is 0.646. The van der Waals surface area contributed by atoms with Gasteiger partial charge in [0.15, 0.2) is 0 Å². The zero-order chi connectivity index (χ0) is 13.0. The third-order valence-electron chi connectivity index (χ3n) is 4.37. The Morgan fingerprint density at radius 3 is 2.60 bits per heavy atom. The van der Waals surface area contributed by atoms with Crippen LogP contribution in [0.25, 0.3) is 0 Å². The first kappa shape index (κ1) is 20.0. The van der Waals surface area contributed by atoms with Crippen LogP contribution < -0.4 is 5.32 Å². The lowest BCUT2D eigenvalue weighted by Gasteiger charge is -2.31. The standard InChI is InChI=1S/C14H27N3O.2ClH/c1-3-17-10-6-7-12(17)11-16(2)14(18)13-8-4-5-9-15-13;;/h12-13,15H,3-11H2,1-2H3;2*1H. The zero-order valence-corrected chi connectivity index (χ0v) is 14.3. The summed E-state index contributed by atoms with van der Waals surface area (Å²) in [4.78, 5) is 16.8. The molecule has 2 heterocycles. The van der Waals surface area contributed by atoms with Crippen molar-refractivity contribution in [3.8, 4) is 0 Å². The van der Waals surface area contributed by atoms with Crippen LogP contribution in [-0.2, 0) is 4.79 Å². The average molecular weight is 326 g/mol. The van der Waals surface area contributed by atoms with Gasteiger partial charge in [-0.05, 0) is 45.3 Å². The monoisotopic (exact) mass is 325 g/mol. The van der Waals surface area contributed by atoms with E-state index >= 15 is 0 Å². The fraction of sp³-hybridized carbons (Fsp3) is 0.929. The average Bonchev–Trinajstić information content (AvgIpc) is 2.86. The zero-order valence-electron chi connectivity index (χ0n) is 12.6. The van der Waals surface area contributed by atoms with Gasteiger partial charge in [-0.1, -0.05) is 13.3 Å². The molecule has 2 unspecified atom stereocenters. The second kappa shape index (κ2) is 9.82. The van der Waals surface area contributed by atoms with E-state index in [1.807, 2.05) is 11.9 Å². The Hall–Kier alpha value is -0.0300. The van der Waals surface area contributed by atoms with Crippen LogP contribution in [-0.4, -0.2) is 61.0 Å². The van der Waals surface area contributed by atoms with Gasteiger partial charge in [0.05, 0.1) is 6.04 Å². The number of rotatable bonds is 4. The minimum Gasteiger partial charge on any atom is -0.343 e. The molecular formula is C14H29Cl2N3O. The van der Waals surface area contributed by atoms with Crippen LogP contribution in [0.4, 0.5) is 0 Å². The Morgan fingerprint density at radius 2 is 2.00 bits per heavy atom. The summed E-state index contributed by atoms with van der Waals surface area (Å²) < 4.78 is 0. The second-order valence-electron chi connectivity index (χ2n) is 5.65. The molecule has 20 heavy (non-hydrogen) atoms. The summed E-state index contributed by atoms with van der Waals surface area (Å²) in [6.07, 6.45) is 5.92. The molecule has 0 saturated carbocycles. The maximum Gasteiger partial charge on any atom is 0.239 e. The molecule has 0 spiro atoms. The number of carbonyl (C=O) groups excluding carboxylic acids is 1. The summed E-state index contributed by atoms with van der Waals surface area (Å²) in [5.41, 5.74) is 0. The lowest BCUT2D eigenvalue weighted by atomic mass is 10.0. The van der Waals surface area contributed by atoms with Crippen molar-refractivity contribution in [1.82, 2.24) is 15.1 Å². The number of likely N-dealkylation sites (N-methyl/N-ethyl adjacent to an activating group) is 2. The Morgan fingerprint density at radius 1 is 1.25 bits per heavy atom. The molecule has 0 bridgehead atoms. The second-order valence-corrected chi connectivity index (χ2v) is 5.65. The lowest BCUT2D eigenvalue weighted by Crippen LogP contribution is -2.50. The van der Waals surface area contributed by atoms with Crippen molar-refractivity contribution < 1.29 is 4.79 Å². The molecule has 2 aliphatic heterocycles. The molecule has 4 nitrogen and oxygen atoms in total. The number of nitrogens with one attached hydrogen (secondary N) is 1. The molecule has 2 rings (SSSR count). The molecule has 2 saturated heterocycles. The third-order valence-corrected chi connectivity index (χ3v) is 4.37. The molecule has 0 aromatic heterocycles. The minimum atomic E-state index is 0. The van der Waals surface area contributed by atoms with Crippen molar-refractivity contribution in [2.75, 3.05) is 33.2 Å². The highest BCUT2D eigenvalue weighted by atomic mass is 35.5. The number of amides is 1. The van der Waals surface area contributed by atoms with Gasteiger partial charge < -0.3 is 10.2 Å². The quantitative estimate of drug-likeness (QED) is 0.857. The number of nitrogens with zero attached hydrogens (tertiary/aromatic N) is 2. The van der Waals surface area contributed by atoms with Crippen LogP contribution in [0, 0.1) is 0 Å². The summed E-state index contributed by atoms with van der Waals surface area (Å²) in [7, 11) is 1.96. The summed E-state index contributed by atoms with van der Waals surface area (Å²) >= 11 is 0. The molecule has 120 valence electrons. The van der Waals surface area contributed by atoms with E-state index in [1.54, 1.807) is 0 Å². The van der Waals surface area contributed by atoms with E-state index in [1.165, 1.54) is 32.2 Å². The first-order valence-corrected chi connectivity index (χ1v) is 7.44. The SMILES string of the molecule is CCN1CCCC1CN(C)C(=O)C1CCCCN1.Cl.Cl. The van der Waals surface area contributed by atoms with E-state index in [4.69, 9.17) is 0 Å². The van der Waals surface area contributed by atoms with Gasteiger partial charge in [0.2, 0.25) is 5.91 Å². The predicted octanol–water partition coefficient (Wildman–Crippen LogP) is 1.91. The Bertz CT molecular complexity index is 286. The van der Waals surface area contributed by atoms with Crippen LogP contribution in [0.3, 0.4) is 0 Å². The molecule has 1 N–H and O–H groups in total. The van der Waals surface area contributed by atoms with Crippen LogP contribution in [0.1, 0.15) is 39.0 Å². The van der Waals surface area contributed by atoms with Gasteiger partial charge in [-0.2, -0.15) is 0 Å². The summed E-state index contributed by atoms with van der Waals surface area (Å²) in [6.45, 7) is 6.40. The first-order valence-electron chi connectivity index (χ1n) is 7.44. The summed E-state index contributed by atoms with van der Waals surface area (Å²) in [5.74, 6) is 0.289. The van der Waals surface area contributed by atoms with Crippen molar-refractivity contribution in [3.63, 3.8) is 0 Å². The highest BCUT2D eigenvalue weighted by Crippen LogP contribution is 2.18. The van der Waals surface area contributed by atoms with Crippen LogP contribution >= 0.6 is 24.8 Å². The number of piperidine rings is 1. The Balaban J connectivity index is 0.00000180. The van der Waals surface area contributed by atoms with E-state index < -0.39 is 0 Å². The molecule has 0 radical (unpaired) electrons. The predicted molar refractivity (Wildman–Crippen MR) is 88.0 cm³/mol. The van der Waals surface area contributed by atoms with E-state index in [-0.39, 0.29) is 36.8 Å². The highest BCUT2D eigenvalue weighted by molar-refractivity contribution is 5.85. The Labute approximate surface area is 135 Å². The smallest absolute Gasteiger partial charge is 0.239 e. The van der Waals surface area contributed by atoms with Crippen molar-refractivity contribution in [1.29, 1.82) is 0 Å². The number of hydrogen-bond acceptors (Lipinski definition) is 3. The number of hydrogen-bond donors (Lipinski definition) is 1. The van der Waals surface area contributed by atoms with Crippen LogP contribution in [0.2, 0.25) is 0 Å². The van der Waals surface area contributed by atoms with Crippen molar-refractivity contribution in [2.45, 2.75) is 51.1 Å². The van der Waals surface area contributed by atoms with Crippen LogP contribution in [0.5, 0.6) is 0 Å². The number of likely N-dealkylation sites (tertiary alicyclic amines) is 1. The van der Waals surface area contributed by atoms with Crippen molar-refractivity contribution in [2.24, 2.45) is 0 Å². The maximum atomic E-state index is 12.3. The molecule has 0 aromatic carbocycles. The first-order chi connectivity index (χ1) is 8.72. The molecule has 2 aliphatic rings. The van der Waals surface area contributed by atoms with Gasteiger partial charge in [-0.25, -0.2) is 0 Å². The lowest BCUT2D eigenvalue weighted by molar-refractivity contribution is -0.133. The largest absolute Gasteiger partial charge is 0.343 e. The van der Waals surface area contributed by atoms with Gasteiger partial charge in [0.25, 0.3) is 0 Å². The molecule has 2 atom stereocenters. The van der Waals surface area contributed by atoms with Gasteiger partial charge in [-0.15, -0.1) is 24.8 Å². The minimum absolute atomic E-state index is 0. The molecule has 0 aliphatic carbocycles. The number of carbonyl (C=O) groups is 1. The summed E-state index contributed by atoms with van der Waals surface area (Å²) in [5, 5.41) is 3.35. The maximum absolute atomic E-state index is 12.3. The van der Waals surface area contributed by atoms with Gasteiger partial charge in [-0.3, -0.25) is 9.69 Å². The van der Waals surface area contributed by atoms with Crippen LogP contribution in [0.15, 0.2) is 0 Å². The van der Waals surface area contributed by atoms with Gasteiger partial charge in [0, 0.05) is 19.6 Å². The fourth-order valence-corrected chi connectivity index (χ4v) is 3.25. The number of halogens is 2. The molecule has 1 amide bonds. The van der Waals surface area contributed by atoms with E-state index in [9.17, 15) is 4.79 Å². The van der Waals surface area contributed by atoms with Crippen molar-refractivity contribution in [3.05, 3.63) is 0 Å². The van der Waals surface area contributed by atoms with E-state index in [0.717, 1.165) is 26.1 Å². The molecule has 6 heteroatoms. The van der Waals surface area contributed by atoms with Gasteiger partial charge >= 0.3 is 0 Å². The van der Waals surface area contributed by atoms with Crippen molar-refractivity contribution >= 4 is 30.7 Å². The van der Waals surface area contributed by atoms with E-state index in [0.29, 0.717) is 6.04 Å². The Kier molecular flexibility index (Phi) is 9.81. The molecular weight excluding hydrogens is 297 g/mol. The van der Waals surface area contributed by atoms with E-state index in [2.05, 4.69) is 17.1 Å². The topological polar surface area (TPSA) is 35.6 Å². The highest BCUT2D eigenvalue weighted by Gasteiger charge is 2.28.